The lowest BCUT2D eigenvalue weighted by atomic mass is 9.53. The Hall–Kier alpha value is -1.84. The largest absolute Gasteiger partial charge is 0.449 e. The van der Waals surface area contributed by atoms with Gasteiger partial charge in [0.05, 0.1) is 5.56 Å². The molecule has 4 heteroatoms. The molecule has 4 fully saturated rings. The Morgan fingerprint density at radius 1 is 1.12 bits per heavy atom. The first kappa shape index (κ1) is 16.6. The normalized spacial score (nSPS) is 33.8. The number of hydrogen-bond acceptors (Lipinski definition) is 3. The van der Waals surface area contributed by atoms with Gasteiger partial charge in [-0.15, -0.1) is 0 Å². The molecule has 25 heavy (non-hydrogen) atoms. The first-order valence-corrected chi connectivity index (χ1v) is 9.52. The fourth-order valence-corrected chi connectivity index (χ4v) is 5.68. The molecule has 5 rings (SSSR count). The number of esters is 1. The molecular weight excluding hydrogens is 314 g/mol. The van der Waals surface area contributed by atoms with E-state index in [-0.39, 0.29) is 11.4 Å². The topological polar surface area (TPSA) is 55.4 Å². The van der Waals surface area contributed by atoms with Crippen LogP contribution in [0, 0.1) is 24.7 Å². The molecule has 4 aliphatic rings. The zero-order valence-electron chi connectivity index (χ0n) is 15.1. The number of amides is 1. The summed E-state index contributed by atoms with van der Waals surface area (Å²) in [5.74, 6) is 1.74. The van der Waals surface area contributed by atoms with Crippen molar-refractivity contribution >= 4 is 11.9 Å². The van der Waals surface area contributed by atoms with E-state index in [0.29, 0.717) is 5.56 Å². The van der Waals surface area contributed by atoms with Crippen LogP contribution in [0.15, 0.2) is 24.3 Å². The second kappa shape index (κ2) is 6.15. The predicted octanol–water partition coefficient (Wildman–Crippen LogP) is 3.63. The van der Waals surface area contributed by atoms with Crippen molar-refractivity contribution in [2.75, 3.05) is 0 Å². The number of ether oxygens (including phenoxy) is 1. The Bertz CT molecular complexity index is 661. The molecule has 1 amide bonds. The maximum atomic E-state index is 12.7. The number of rotatable bonds is 4. The molecule has 4 nitrogen and oxygen atoms in total. The van der Waals surface area contributed by atoms with Crippen molar-refractivity contribution in [2.24, 2.45) is 17.8 Å². The van der Waals surface area contributed by atoms with Crippen LogP contribution in [-0.2, 0) is 9.53 Å². The highest BCUT2D eigenvalue weighted by Gasteiger charge is 2.51. The molecule has 134 valence electrons. The van der Waals surface area contributed by atoms with Crippen molar-refractivity contribution in [1.82, 2.24) is 5.32 Å². The highest BCUT2D eigenvalue weighted by molar-refractivity contribution is 5.92. The molecule has 0 heterocycles. The van der Waals surface area contributed by atoms with Gasteiger partial charge in [-0.05, 0) is 82.3 Å². The maximum absolute atomic E-state index is 12.7. The Labute approximate surface area is 149 Å². The second-order valence-electron chi connectivity index (χ2n) is 8.60. The summed E-state index contributed by atoms with van der Waals surface area (Å²) in [5, 5.41) is 3.28. The highest BCUT2D eigenvalue weighted by atomic mass is 16.5. The van der Waals surface area contributed by atoms with E-state index in [0.717, 1.165) is 42.6 Å². The van der Waals surface area contributed by atoms with E-state index in [1.807, 2.05) is 19.1 Å². The van der Waals surface area contributed by atoms with Crippen molar-refractivity contribution < 1.29 is 14.3 Å². The van der Waals surface area contributed by atoms with Gasteiger partial charge in [0.25, 0.3) is 5.91 Å². The van der Waals surface area contributed by atoms with Gasteiger partial charge < -0.3 is 10.1 Å². The van der Waals surface area contributed by atoms with Crippen molar-refractivity contribution in [2.45, 2.75) is 64.0 Å². The minimum absolute atomic E-state index is 0.0458. The molecular formula is C21H27NO3. The number of benzene rings is 1. The molecule has 0 saturated heterocycles. The molecule has 1 aromatic rings. The van der Waals surface area contributed by atoms with Crippen LogP contribution in [0.2, 0.25) is 0 Å². The Morgan fingerprint density at radius 3 is 2.28 bits per heavy atom. The third kappa shape index (κ3) is 3.31. The molecule has 1 atom stereocenters. The Kier molecular flexibility index (Phi) is 4.09. The molecule has 0 aromatic heterocycles. The average Bonchev–Trinajstić information content (AvgIpc) is 2.53. The number of nitrogens with one attached hydrogen (secondary N) is 1. The zero-order chi connectivity index (χ0) is 17.6. The van der Waals surface area contributed by atoms with Gasteiger partial charge >= 0.3 is 5.97 Å². The van der Waals surface area contributed by atoms with E-state index in [4.69, 9.17) is 4.74 Å². The van der Waals surface area contributed by atoms with Crippen molar-refractivity contribution in [3.05, 3.63) is 35.4 Å². The predicted molar refractivity (Wildman–Crippen MR) is 95.1 cm³/mol. The number of carbonyl (C=O) groups excluding carboxylic acids is 2. The van der Waals surface area contributed by atoms with E-state index < -0.39 is 12.1 Å². The van der Waals surface area contributed by atoms with Crippen LogP contribution < -0.4 is 5.32 Å². The first-order valence-electron chi connectivity index (χ1n) is 9.52. The standard InChI is InChI=1S/C21H27NO3/c1-13-4-3-5-18(6-13)20(24)25-14(2)19(23)22-21-10-15-7-16(11-21)9-17(8-15)12-21/h3-6,14-17H,7-12H2,1-2H3,(H,22,23)/t14-,15?,16?,17?,21?/m0/s1. The first-order chi connectivity index (χ1) is 11.9. The van der Waals surface area contributed by atoms with Crippen LogP contribution in [0.5, 0.6) is 0 Å². The number of aryl methyl sites for hydroxylation is 1. The maximum Gasteiger partial charge on any atom is 0.338 e. The van der Waals surface area contributed by atoms with Crippen LogP contribution in [0.1, 0.15) is 61.4 Å². The van der Waals surface area contributed by atoms with Gasteiger partial charge in [-0.3, -0.25) is 4.79 Å². The van der Waals surface area contributed by atoms with Crippen molar-refractivity contribution in [3.8, 4) is 0 Å². The highest BCUT2D eigenvalue weighted by Crippen LogP contribution is 2.55. The van der Waals surface area contributed by atoms with Crippen LogP contribution in [0.25, 0.3) is 0 Å². The van der Waals surface area contributed by atoms with Gasteiger partial charge in [-0.2, -0.15) is 0 Å². The quantitative estimate of drug-likeness (QED) is 0.851. The summed E-state index contributed by atoms with van der Waals surface area (Å²) < 4.78 is 5.42. The van der Waals surface area contributed by atoms with E-state index >= 15 is 0 Å². The van der Waals surface area contributed by atoms with Gasteiger partial charge in [0, 0.05) is 5.54 Å². The van der Waals surface area contributed by atoms with Crippen LogP contribution in [0.4, 0.5) is 0 Å². The van der Waals surface area contributed by atoms with Crippen molar-refractivity contribution in [3.63, 3.8) is 0 Å². The Balaban J connectivity index is 1.39. The molecule has 0 aliphatic heterocycles. The van der Waals surface area contributed by atoms with Gasteiger partial charge in [0.1, 0.15) is 0 Å². The van der Waals surface area contributed by atoms with Gasteiger partial charge in [0.15, 0.2) is 6.10 Å². The van der Waals surface area contributed by atoms with Gasteiger partial charge in [-0.1, -0.05) is 17.7 Å². The summed E-state index contributed by atoms with van der Waals surface area (Å²) >= 11 is 0. The third-order valence-corrected chi connectivity index (χ3v) is 6.33. The van der Waals surface area contributed by atoms with Crippen LogP contribution in [0.3, 0.4) is 0 Å². The molecule has 0 radical (unpaired) electrons. The molecule has 0 unspecified atom stereocenters. The monoisotopic (exact) mass is 341 g/mol. The molecule has 1 N–H and O–H groups in total. The fraction of sp³-hybridized carbons (Fsp3) is 0.619. The van der Waals surface area contributed by atoms with E-state index in [9.17, 15) is 9.59 Å². The number of carbonyl (C=O) groups is 2. The Morgan fingerprint density at radius 2 is 1.72 bits per heavy atom. The average molecular weight is 341 g/mol. The lowest BCUT2D eigenvalue weighted by Crippen LogP contribution is -2.61. The summed E-state index contributed by atoms with van der Waals surface area (Å²) in [5.41, 5.74) is 1.45. The second-order valence-corrected chi connectivity index (χ2v) is 8.60. The zero-order valence-corrected chi connectivity index (χ0v) is 15.1. The SMILES string of the molecule is Cc1cccc(C(=O)O[C@@H](C)C(=O)NC23CC4CC(CC(C4)C2)C3)c1. The molecule has 4 aliphatic carbocycles. The van der Waals surface area contributed by atoms with Gasteiger partial charge in [-0.25, -0.2) is 4.79 Å². The van der Waals surface area contributed by atoms with Crippen molar-refractivity contribution in [1.29, 1.82) is 0 Å². The van der Waals surface area contributed by atoms with E-state index in [1.54, 1.807) is 19.1 Å². The lowest BCUT2D eigenvalue weighted by molar-refractivity contribution is -0.134. The fourth-order valence-electron chi connectivity index (χ4n) is 5.68. The van der Waals surface area contributed by atoms with Crippen LogP contribution >= 0.6 is 0 Å². The molecule has 0 spiro atoms. The minimum atomic E-state index is -0.763. The molecule has 4 bridgehead atoms. The third-order valence-electron chi connectivity index (χ3n) is 6.33. The molecule has 4 saturated carbocycles. The summed E-state index contributed by atoms with van der Waals surface area (Å²) in [7, 11) is 0. The van der Waals surface area contributed by atoms with Crippen LogP contribution in [-0.4, -0.2) is 23.5 Å². The smallest absolute Gasteiger partial charge is 0.338 e. The lowest BCUT2D eigenvalue weighted by Gasteiger charge is -2.57. The number of hydrogen-bond donors (Lipinski definition) is 1. The summed E-state index contributed by atoms with van der Waals surface area (Å²) in [6.45, 7) is 3.60. The molecule has 1 aromatic carbocycles. The minimum Gasteiger partial charge on any atom is -0.449 e. The van der Waals surface area contributed by atoms with E-state index in [2.05, 4.69) is 5.32 Å². The summed E-state index contributed by atoms with van der Waals surface area (Å²) in [6, 6.07) is 7.26. The van der Waals surface area contributed by atoms with Gasteiger partial charge in [0.2, 0.25) is 0 Å². The van der Waals surface area contributed by atoms with E-state index in [1.165, 1.54) is 19.3 Å². The summed E-state index contributed by atoms with van der Waals surface area (Å²) in [6.07, 6.45) is 6.56. The summed E-state index contributed by atoms with van der Waals surface area (Å²) in [4.78, 5) is 24.9.